The lowest BCUT2D eigenvalue weighted by Crippen LogP contribution is -2.27. The molecule has 11 heteroatoms. The highest BCUT2D eigenvalue weighted by molar-refractivity contribution is 7.92. The molecule has 1 atom stereocenters. The number of benzene rings is 3. The maximum Gasteiger partial charge on any atom is 0.279 e. The highest BCUT2D eigenvalue weighted by atomic mass is 32.2. The lowest BCUT2D eigenvalue weighted by Gasteiger charge is -2.23. The van der Waals surface area contributed by atoms with Gasteiger partial charge in [-0.25, -0.2) is 12.8 Å². The van der Waals surface area contributed by atoms with Crippen molar-refractivity contribution < 1.29 is 26.0 Å². The van der Waals surface area contributed by atoms with E-state index >= 15 is 0 Å². The summed E-state index contributed by atoms with van der Waals surface area (Å²) in [6.45, 7) is 0. The minimum atomic E-state index is -4.10. The predicted octanol–water partition coefficient (Wildman–Crippen LogP) is 3.75. The first-order valence-electron chi connectivity index (χ1n) is 10.2. The number of anilines is 1. The summed E-state index contributed by atoms with van der Waals surface area (Å²) in [4.78, 5) is -0.0838. The topological polar surface area (TPSA) is 105 Å². The van der Waals surface area contributed by atoms with Gasteiger partial charge in [-0.05, 0) is 59.7 Å². The van der Waals surface area contributed by atoms with Crippen LogP contribution in [0.1, 0.15) is 23.6 Å². The molecule has 4 rings (SSSR count). The Morgan fingerprint density at radius 2 is 1.68 bits per heavy atom. The molecule has 3 aromatic carbocycles. The van der Waals surface area contributed by atoms with E-state index in [4.69, 9.17) is 4.74 Å². The Bertz CT molecular complexity index is 1440. The van der Waals surface area contributed by atoms with E-state index in [1.165, 1.54) is 19.2 Å². The van der Waals surface area contributed by atoms with Crippen LogP contribution in [0.3, 0.4) is 0 Å². The van der Waals surface area contributed by atoms with E-state index in [0.717, 1.165) is 22.8 Å². The van der Waals surface area contributed by atoms with E-state index in [9.17, 15) is 21.2 Å². The Kier molecular flexibility index (Phi) is 6.32. The van der Waals surface area contributed by atoms with E-state index in [-0.39, 0.29) is 11.3 Å². The second-order valence-electron chi connectivity index (χ2n) is 7.73. The standard InChI is InChI=1S/C23H22FN3O5S2/c1-32-20-5-3-4-17(14-20)23-15-22(16-6-10-19(11-7-16)26-33(2,28)29)25-27(23)34(30,31)21-12-8-18(24)9-13-21/h3-14,23,26H,15H2,1-2H3. The first-order valence-corrected chi connectivity index (χ1v) is 13.5. The van der Waals surface area contributed by atoms with Crippen molar-refractivity contribution >= 4 is 31.4 Å². The van der Waals surface area contributed by atoms with E-state index in [1.54, 1.807) is 48.5 Å². The van der Waals surface area contributed by atoms with Crippen molar-refractivity contribution in [1.82, 2.24) is 4.41 Å². The molecule has 0 amide bonds. The molecule has 1 aliphatic heterocycles. The SMILES string of the molecule is COc1cccc(C2CC(c3ccc(NS(C)(=O)=O)cc3)=NN2S(=O)(=O)c2ccc(F)cc2)c1. The molecule has 0 spiro atoms. The van der Waals surface area contributed by atoms with Gasteiger partial charge in [0.15, 0.2) is 0 Å². The van der Waals surface area contributed by atoms with Gasteiger partial charge in [0.25, 0.3) is 10.0 Å². The third-order valence-electron chi connectivity index (χ3n) is 5.23. The Morgan fingerprint density at radius 3 is 2.29 bits per heavy atom. The van der Waals surface area contributed by atoms with Crippen LogP contribution in [0.4, 0.5) is 10.1 Å². The Morgan fingerprint density at radius 1 is 1.00 bits per heavy atom. The van der Waals surface area contributed by atoms with Crippen molar-refractivity contribution in [1.29, 1.82) is 0 Å². The summed E-state index contributed by atoms with van der Waals surface area (Å²) < 4.78 is 72.0. The number of halogens is 1. The van der Waals surface area contributed by atoms with Gasteiger partial charge in [0, 0.05) is 12.1 Å². The fourth-order valence-electron chi connectivity index (χ4n) is 3.64. The average Bonchev–Trinajstić information content (AvgIpc) is 3.25. The number of nitrogens with zero attached hydrogens (tertiary/aromatic N) is 2. The molecule has 1 unspecified atom stereocenters. The lowest BCUT2D eigenvalue weighted by atomic mass is 9.99. The molecule has 0 bridgehead atoms. The molecule has 178 valence electrons. The lowest BCUT2D eigenvalue weighted by molar-refractivity contribution is 0.368. The summed E-state index contributed by atoms with van der Waals surface area (Å²) in [5.41, 5.74) is 2.21. The van der Waals surface area contributed by atoms with Crippen molar-refractivity contribution in [3.8, 4) is 5.75 Å². The quantitative estimate of drug-likeness (QED) is 0.529. The van der Waals surface area contributed by atoms with Crippen molar-refractivity contribution in [2.24, 2.45) is 5.10 Å². The average molecular weight is 504 g/mol. The Labute approximate surface area is 197 Å². The van der Waals surface area contributed by atoms with Gasteiger partial charge in [0.1, 0.15) is 11.6 Å². The number of hydrogen-bond acceptors (Lipinski definition) is 6. The van der Waals surface area contributed by atoms with Gasteiger partial charge in [-0.1, -0.05) is 24.3 Å². The van der Waals surface area contributed by atoms with Gasteiger partial charge in [-0.3, -0.25) is 4.72 Å². The molecule has 0 fully saturated rings. The maximum absolute atomic E-state index is 13.5. The summed E-state index contributed by atoms with van der Waals surface area (Å²) in [6.07, 6.45) is 1.32. The van der Waals surface area contributed by atoms with Crippen molar-refractivity contribution in [2.45, 2.75) is 17.4 Å². The number of nitrogens with one attached hydrogen (secondary N) is 1. The summed E-state index contributed by atoms with van der Waals surface area (Å²) in [6, 6.07) is 17.5. The van der Waals surface area contributed by atoms with Crippen LogP contribution in [-0.4, -0.2) is 40.3 Å². The van der Waals surface area contributed by atoms with E-state index in [0.29, 0.717) is 28.3 Å². The monoisotopic (exact) mass is 503 g/mol. The molecule has 0 aromatic heterocycles. The number of rotatable bonds is 7. The second kappa shape index (κ2) is 9.07. The number of hydrogen-bond donors (Lipinski definition) is 1. The molecule has 0 radical (unpaired) electrons. The van der Waals surface area contributed by atoms with Crippen LogP contribution in [0.25, 0.3) is 0 Å². The molecule has 34 heavy (non-hydrogen) atoms. The van der Waals surface area contributed by atoms with E-state index in [1.807, 2.05) is 0 Å². The molecule has 8 nitrogen and oxygen atoms in total. The highest BCUT2D eigenvalue weighted by Gasteiger charge is 2.38. The normalized spacial score (nSPS) is 16.3. The molecule has 0 saturated heterocycles. The van der Waals surface area contributed by atoms with Gasteiger partial charge in [-0.2, -0.15) is 17.9 Å². The smallest absolute Gasteiger partial charge is 0.279 e. The Balaban J connectivity index is 1.75. The van der Waals surface area contributed by atoms with Crippen LogP contribution < -0.4 is 9.46 Å². The van der Waals surface area contributed by atoms with Crippen molar-refractivity contribution in [3.63, 3.8) is 0 Å². The summed E-state index contributed by atoms with van der Waals surface area (Å²) in [7, 11) is -6.00. The fraction of sp³-hybridized carbons (Fsp3) is 0.174. The number of methoxy groups -OCH3 is 1. The largest absolute Gasteiger partial charge is 0.497 e. The first-order chi connectivity index (χ1) is 16.1. The van der Waals surface area contributed by atoms with E-state index < -0.39 is 31.9 Å². The van der Waals surface area contributed by atoms with Crippen molar-refractivity contribution in [3.05, 3.63) is 89.7 Å². The van der Waals surface area contributed by atoms with Crippen LogP contribution in [-0.2, 0) is 20.0 Å². The minimum Gasteiger partial charge on any atom is -0.497 e. The zero-order valence-corrected chi connectivity index (χ0v) is 20.0. The molecule has 0 aliphatic carbocycles. The van der Waals surface area contributed by atoms with Gasteiger partial charge in [0.05, 0.1) is 30.0 Å². The highest BCUT2D eigenvalue weighted by Crippen LogP contribution is 2.38. The first kappa shape index (κ1) is 23.7. The molecule has 1 heterocycles. The fourth-order valence-corrected chi connectivity index (χ4v) is 5.64. The van der Waals surface area contributed by atoms with Gasteiger partial charge >= 0.3 is 0 Å². The predicted molar refractivity (Wildman–Crippen MR) is 127 cm³/mol. The van der Waals surface area contributed by atoms with Gasteiger partial charge in [-0.15, -0.1) is 0 Å². The zero-order chi connectivity index (χ0) is 24.5. The molecule has 1 N–H and O–H groups in total. The van der Waals surface area contributed by atoms with E-state index in [2.05, 4.69) is 9.82 Å². The number of hydrazone groups is 1. The summed E-state index contributed by atoms with van der Waals surface area (Å²) >= 11 is 0. The second-order valence-corrected chi connectivity index (χ2v) is 11.3. The van der Waals surface area contributed by atoms with Crippen LogP contribution in [0.15, 0.2) is 82.8 Å². The molecule has 3 aromatic rings. The third-order valence-corrected chi connectivity index (χ3v) is 7.53. The molecule has 0 saturated carbocycles. The Hall–Kier alpha value is -3.44. The third kappa shape index (κ3) is 5.05. The summed E-state index contributed by atoms with van der Waals surface area (Å²) in [5.74, 6) is 0.0259. The van der Waals surface area contributed by atoms with Crippen LogP contribution in [0.5, 0.6) is 5.75 Å². The van der Waals surface area contributed by atoms with Gasteiger partial charge in [0.2, 0.25) is 10.0 Å². The number of ether oxygens (including phenoxy) is 1. The number of sulfonamides is 2. The van der Waals surface area contributed by atoms with Gasteiger partial charge < -0.3 is 4.74 Å². The molecular formula is C23H22FN3O5S2. The van der Waals surface area contributed by atoms with Crippen LogP contribution >= 0.6 is 0 Å². The van der Waals surface area contributed by atoms with Crippen LogP contribution in [0, 0.1) is 5.82 Å². The molecular weight excluding hydrogens is 481 g/mol. The van der Waals surface area contributed by atoms with Crippen molar-refractivity contribution in [2.75, 3.05) is 18.1 Å². The van der Waals surface area contributed by atoms with Crippen LogP contribution in [0.2, 0.25) is 0 Å². The zero-order valence-electron chi connectivity index (χ0n) is 18.3. The summed E-state index contributed by atoms with van der Waals surface area (Å²) in [5, 5.41) is 4.44. The molecule has 1 aliphatic rings. The maximum atomic E-state index is 13.5. The minimum absolute atomic E-state index is 0.0838.